The molecule has 8 aromatic carbocycles. The number of rotatable bonds is 15. The number of sulfone groups is 1. The van der Waals surface area contributed by atoms with Gasteiger partial charge >= 0.3 is 21.2 Å². The van der Waals surface area contributed by atoms with Crippen molar-refractivity contribution in [1.82, 2.24) is 4.98 Å². The van der Waals surface area contributed by atoms with Crippen LogP contribution in [0.3, 0.4) is 0 Å². The van der Waals surface area contributed by atoms with Crippen LogP contribution in [-0.2, 0) is 67.2 Å². The van der Waals surface area contributed by atoms with Crippen LogP contribution in [0.15, 0.2) is 204 Å². The van der Waals surface area contributed by atoms with Gasteiger partial charge in [0.1, 0.15) is 33.3 Å². The lowest BCUT2D eigenvalue weighted by molar-refractivity contribution is 0.481. The Bertz CT molecular complexity index is 5310. The number of nitriles is 2. The topological polar surface area (TPSA) is 434 Å². The first-order valence-electron chi connectivity index (χ1n) is 24.4. The summed E-state index contributed by atoms with van der Waals surface area (Å²) in [5.41, 5.74) is 2.31. The SMILES string of the molecule is Cc1c(C#N)c(Nc2ccc(S(=O)(=O)O)cc2)nc(Nc2ccc(S(=O)(=O)O)cc2)c1N=Nc1sc(N=Nc2ccc3cc(S(=O)(=O)Cc4cc(S(=O)(=O)O)c5ccccc5c4)ccc3c2)c(-c2ccc3ccccc3c2)c1C#N.O=S(=O)=O.O=S(=O)=O. The van der Waals surface area contributed by atoms with Gasteiger partial charge < -0.3 is 10.6 Å². The Kier molecular flexibility index (Phi) is 19.2. The molecule has 0 saturated carbocycles. The van der Waals surface area contributed by atoms with Gasteiger partial charge in [-0.25, -0.2) is 13.4 Å². The van der Waals surface area contributed by atoms with E-state index >= 15 is 0 Å². The van der Waals surface area contributed by atoms with E-state index < -0.39 is 72.1 Å². The smallest absolute Gasteiger partial charge is 0.339 e. The molecule has 0 spiro atoms. The lowest BCUT2D eigenvalue weighted by Gasteiger charge is -2.16. The molecule has 88 heavy (non-hydrogen) atoms. The third kappa shape index (κ3) is 15.6. The van der Waals surface area contributed by atoms with Crippen molar-refractivity contribution < 1.29 is 72.6 Å². The summed E-state index contributed by atoms with van der Waals surface area (Å²) >= 11 is 0.982. The summed E-state index contributed by atoms with van der Waals surface area (Å²) in [5.74, 6) is -0.598. The Morgan fingerprint density at radius 1 is 0.511 bits per heavy atom. The number of fused-ring (bicyclic) bond motifs is 3. The summed E-state index contributed by atoms with van der Waals surface area (Å²) in [6, 6.07) is 46.1. The lowest BCUT2D eigenvalue weighted by atomic mass is 10.00. The van der Waals surface area contributed by atoms with Crippen molar-refractivity contribution in [2.45, 2.75) is 32.3 Å². The van der Waals surface area contributed by atoms with Gasteiger partial charge in [-0.2, -0.15) is 35.8 Å². The molecule has 10 aromatic rings. The number of nitrogens with zero attached hydrogens (tertiary/aromatic N) is 7. The van der Waals surface area contributed by atoms with Crippen molar-refractivity contribution >= 4 is 149 Å². The maximum atomic E-state index is 13.8. The Morgan fingerprint density at radius 3 is 1.59 bits per heavy atom. The van der Waals surface area contributed by atoms with E-state index in [1.165, 1.54) is 42.5 Å². The Balaban J connectivity index is 0.00000118. The fourth-order valence-corrected chi connectivity index (χ4v) is 12.7. The average Bonchev–Trinajstić information content (AvgIpc) is 2.25. The monoisotopic (exact) mass is 1320 g/mol. The number of nitrogens with one attached hydrogen (secondary N) is 2. The fourth-order valence-electron chi connectivity index (χ4n) is 8.69. The summed E-state index contributed by atoms with van der Waals surface area (Å²) in [4.78, 5) is 3.45. The van der Waals surface area contributed by atoms with Gasteiger partial charge in [0, 0.05) is 27.9 Å². The van der Waals surface area contributed by atoms with Crippen molar-refractivity contribution in [1.29, 1.82) is 10.5 Å². The summed E-state index contributed by atoms with van der Waals surface area (Å²) in [7, 11) is -24.0. The second-order valence-corrected chi connectivity index (χ2v) is 26.2. The Labute approximate surface area is 506 Å². The number of hydrogen-bond donors (Lipinski definition) is 5. The molecule has 0 unspecified atom stereocenters. The number of hydrogen-bond acceptors (Lipinski definition) is 24. The molecular formula is C55H37N9O17S7. The third-order valence-electron chi connectivity index (χ3n) is 12.5. The number of benzene rings is 8. The Hall–Kier alpha value is -9.91. The molecule has 0 radical (unpaired) electrons. The van der Waals surface area contributed by atoms with Crippen LogP contribution >= 0.6 is 11.3 Å². The molecule has 0 aliphatic rings. The van der Waals surface area contributed by atoms with Crippen LogP contribution in [-0.4, -0.2) is 77.6 Å². The van der Waals surface area contributed by atoms with Crippen molar-refractivity contribution in [3.63, 3.8) is 0 Å². The molecule has 10 rings (SSSR count). The highest BCUT2D eigenvalue weighted by atomic mass is 32.2. The second-order valence-electron chi connectivity index (χ2n) is 18.2. The number of aromatic nitrogens is 1. The minimum Gasteiger partial charge on any atom is -0.339 e. The standard InChI is InChI=1S/C55H37N9O11S5.2O3S/c1-32-47(29-56)52(58-40-15-20-43(21-16-40)78(67,68)69)60-53(59-41-17-22-44(23-18-41)79(70,71)72)51(32)62-63-54-48(30-57)50(39-11-10-34-6-2-3-7-35(34)26-39)55(76-54)64-61-42-14-12-37-28-45(19-13-36(37)27-42)77(65,66)31-33-24-38-8-4-5-9-46(38)49(25-33)80(73,74)75;2*1-4(2)3/h2-28H,31H2,1H3,(H2,58,59,60)(H,67,68,69)(H,70,71,72)(H,73,74,75);;. The molecule has 0 aliphatic heterocycles. The van der Waals surface area contributed by atoms with Crippen LogP contribution in [0.1, 0.15) is 22.3 Å². The molecule has 26 nitrogen and oxygen atoms in total. The highest BCUT2D eigenvalue weighted by molar-refractivity contribution is 7.90. The molecule has 0 fully saturated rings. The third-order valence-corrected chi connectivity index (χ3v) is 17.8. The van der Waals surface area contributed by atoms with E-state index in [0.29, 0.717) is 33.0 Å². The van der Waals surface area contributed by atoms with Gasteiger partial charge in [0.05, 0.1) is 31.7 Å². The second kappa shape index (κ2) is 26.4. The predicted molar refractivity (Wildman–Crippen MR) is 321 cm³/mol. The maximum Gasteiger partial charge on any atom is 0.425 e. The molecule has 0 amide bonds. The minimum absolute atomic E-state index is 0.00694. The van der Waals surface area contributed by atoms with Crippen molar-refractivity contribution in [2.75, 3.05) is 10.6 Å². The van der Waals surface area contributed by atoms with E-state index in [9.17, 15) is 57.9 Å². The highest BCUT2D eigenvalue weighted by Crippen LogP contribution is 2.49. The molecule has 0 aliphatic carbocycles. The first kappa shape index (κ1) is 64.1. The molecule has 0 atom stereocenters. The molecule has 2 aromatic heterocycles. The molecule has 33 heteroatoms. The normalized spacial score (nSPS) is 11.8. The van der Waals surface area contributed by atoms with Crippen LogP contribution in [0.25, 0.3) is 43.4 Å². The number of azo groups is 2. The summed E-state index contributed by atoms with van der Waals surface area (Å²) in [6.45, 7) is 1.56. The van der Waals surface area contributed by atoms with Crippen molar-refractivity contribution in [3.8, 4) is 23.3 Å². The van der Waals surface area contributed by atoms with E-state index in [2.05, 4.69) is 48.2 Å². The van der Waals surface area contributed by atoms with Crippen LogP contribution in [0.5, 0.6) is 0 Å². The summed E-state index contributed by atoms with van der Waals surface area (Å²) < 4.78 is 179. The van der Waals surface area contributed by atoms with Gasteiger partial charge in [0.15, 0.2) is 26.5 Å². The minimum atomic E-state index is -4.68. The van der Waals surface area contributed by atoms with Crippen LogP contribution in [0.2, 0.25) is 0 Å². The van der Waals surface area contributed by atoms with Gasteiger partial charge in [-0.05, 0) is 130 Å². The van der Waals surface area contributed by atoms with Gasteiger partial charge in [-0.1, -0.05) is 90.2 Å². The number of pyridine rings is 1. The van der Waals surface area contributed by atoms with Crippen LogP contribution in [0.4, 0.5) is 44.4 Å². The first-order valence-corrected chi connectivity index (χ1v) is 33.1. The van der Waals surface area contributed by atoms with Gasteiger partial charge in [-0.15, -0.1) is 45.7 Å². The average molecular weight is 1320 g/mol. The van der Waals surface area contributed by atoms with Crippen molar-refractivity contribution in [3.05, 3.63) is 186 Å². The molecule has 0 saturated heterocycles. The van der Waals surface area contributed by atoms with Crippen LogP contribution in [0, 0.1) is 29.6 Å². The van der Waals surface area contributed by atoms with E-state index in [1.54, 1.807) is 55.5 Å². The van der Waals surface area contributed by atoms with Gasteiger partial charge in [0.2, 0.25) is 0 Å². The summed E-state index contributed by atoms with van der Waals surface area (Å²) in [6.07, 6.45) is 0. The molecule has 446 valence electrons. The largest absolute Gasteiger partial charge is 0.425 e. The van der Waals surface area contributed by atoms with E-state index in [4.69, 9.17) is 25.3 Å². The highest BCUT2D eigenvalue weighted by Gasteiger charge is 2.25. The fraction of sp³-hybridized carbons (Fsp3) is 0.0364. The van der Waals surface area contributed by atoms with E-state index in [-0.39, 0.29) is 81.0 Å². The predicted octanol–water partition coefficient (Wildman–Crippen LogP) is 11.3. The number of anilines is 4. The quantitative estimate of drug-likeness (QED) is 0.0470. The summed E-state index contributed by atoms with van der Waals surface area (Å²) in [5, 5.41) is 49.6. The molecule has 2 heterocycles. The number of thiophene rings is 1. The molecule has 0 bridgehead atoms. The zero-order valence-corrected chi connectivity index (χ0v) is 50.1. The van der Waals surface area contributed by atoms with E-state index in [0.717, 1.165) is 52.4 Å². The Morgan fingerprint density at radius 2 is 1.01 bits per heavy atom. The van der Waals surface area contributed by atoms with Gasteiger partial charge in [0.25, 0.3) is 30.4 Å². The van der Waals surface area contributed by atoms with E-state index in [1.807, 2.05) is 42.5 Å². The lowest BCUT2D eigenvalue weighted by Crippen LogP contribution is -2.07. The van der Waals surface area contributed by atoms with Crippen molar-refractivity contribution in [2.24, 2.45) is 20.5 Å². The first-order chi connectivity index (χ1) is 41.5. The maximum absolute atomic E-state index is 13.8. The molecular weight excluding hydrogens is 1280 g/mol. The zero-order valence-electron chi connectivity index (χ0n) is 44.3. The van der Waals surface area contributed by atoms with Crippen LogP contribution < -0.4 is 10.6 Å². The van der Waals surface area contributed by atoms with Gasteiger partial charge in [-0.3, -0.25) is 13.7 Å². The zero-order chi connectivity index (χ0) is 63.9. The molecule has 5 N–H and O–H groups in total.